The van der Waals surface area contributed by atoms with Crippen LogP contribution < -0.4 is 10.6 Å². The molecule has 22 heavy (non-hydrogen) atoms. The van der Waals surface area contributed by atoms with E-state index < -0.39 is 0 Å². The highest BCUT2D eigenvalue weighted by atomic mass is 35.5. The van der Waals surface area contributed by atoms with Gasteiger partial charge in [0.05, 0.1) is 0 Å². The topological polar surface area (TPSA) is 45.7 Å². The average Bonchev–Trinajstić information content (AvgIpc) is 2.52. The molecule has 0 aliphatic carbocycles. The van der Waals surface area contributed by atoms with Crippen LogP contribution in [0.5, 0.6) is 0 Å². The SMILES string of the molecule is CCNC(=NCCCCOCC)NCCc1ccc(Cl)cc1. The first-order chi connectivity index (χ1) is 10.8. The van der Waals surface area contributed by atoms with Crippen LogP contribution >= 0.6 is 11.6 Å². The second-order valence-electron chi connectivity index (χ2n) is 4.97. The van der Waals surface area contributed by atoms with Gasteiger partial charge in [0.25, 0.3) is 0 Å². The van der Waals surface area contributed by atoms with Gasteiger partial charge < -0.3 is 15.4 Å². The van der Waals surface area contributed by atoms with Crippen molar-refractivity contribution in [1.29, 1.82) is 0 Å². The van der Waals surface area contributed by atoms with Crippen molar-refractivity contribution in [3.8, 4) is 0 Å². The van der Waals surface area contributed by atoms with Gasteiger partial charge in [0.2, 0.25) is 0 Å². The smallest absolute Gasteiger partial charge is 0.191 e. The lowest BCUT2D eigenvalue weighted by atomic mass is 10.1. The number of nitrogens with one attached hydrogen (secondary N) is 2. The third-order valence-corrected chi connectivity index (χ3v) is 3.39. The summed E-state index contributed by atoms with van der Waals surface area (Å²) in [5.41, 5.74) is 1.27. The lowest BCUT2D eigenvalue weighted by Crippen LogP contribution is -2.38. The first kappa shape index (κ1) is 18.8. The molecule has 5 heteroatoms. The van der Waals surface area contributed by atoms with Gasteiger partial charge >= 0.3 is 0 Å². The maximum atomic E-state index is 5.89. The molecule has 0 aliphatic heterocycles. The molecule has 0 aromatic heterocycles. The zero-order chi connectivity index (χ0) is 16.0. The van der Waals surface area contributed by atoms with Crippen LogP contribution in [0.2, 0.25) is 5.02 Å². The molecule has 2 N–H and O–H groups in total. The Hall–Kier alpha value is -1.26. The quantitative estimate of drug-likeness (QED) is 0.394. The van der Waals surface area contributed by atoms with Gasteiger partial charge in [-0.25, -0.2) is 0 Å². The molecule has 0 radical (unpaired) electrons. The van der Waals surface area contributed by atoms with Crippen LogP contribution in [0.15, 0.2) is 29.3 Å². The number of guanidine groups is 1. The van der Waals surface area contributed by atoms with E-state index in [1.165, 1.54) is 5.56 Å². The van der Waals surface area contributed by atoms with Crippen molar-refractivity contribution in [2.75, 3.05) is 32.8 Å². The molecule has 0 heterocycles. The maximum Gasteiger partial charge on any atom is 0.191 e. The fourth-order valence-corrected chi connectivity index (χ4v) is 2.10. The van der Waals surface area contributed by atoms with Crippen LogP contribution in [-0.4, -0.2) is 38.8 Å². The van der Waals surface area contributed by atoms with Gasteiger partial charge in [0.1, 0.15) is 0 Å². The van der Waals surface area contributed by atoms with E-state index in [1.54, 1.807) is 0 Å². The highest BCUT2D eigenvalue weighted by Crippen LogP contribution is 2.09. The molecule has 0 unspecified atom stereocenters. The summed E-state index contributed by atoms with van der Waals surface area (Å²) in [6, 6.07) is 7.97. The number of benzene rings is 1. The van der Waals surface area contributed by atoms with E-state index >= 15 is 0 Å². The molecule has 4 nitrogen and oxygen atoms in total. The van der Waals surface area contributed by atoms with E-state index in [9.17, 15) is 0 Å². The fraction of sp³-hybridized carbons (Fsp3) is 0.588. The Morgan fingerprint density at radius 1 is 1.14 bits per heavy atom. The molecule has 0 saturated heterocycles. The number of halogens is 1. The third-order valence-electron chi connectivity index (χ3n) is 3.13. The maximum absolute atomic E-state index is 5.89. The summed E-state index contributed by atoms with van der Waals surface area (Å²) >= 11 is 5.89. The lowest BCUT2D eigenvalue weighted by molar-refractivity contribution is 0.144. The van der Waals surface area contributed by atoms with E-state index in [-0.39, 0.29) is 0 Å². The van der Waals surface area contributed by atoms with Crippen LogP contribution in [0.4, 0.5) is 0 Å². The van der Waals surface area contributed by atoms with Gasteiger partial charge in [0.15, 0.2) is 5.96 Å². The predicted octanol–water partition coefficient (Wildman–Crippen LogP) is 3.25. The van der Waals surface area contributed by atoms with Gasteiger partial charge in [0, 0.05) is 37.9 Å². The second kappa shape index (κ2) is 12.3. The Kier molecular flexibility index (Phi) is 10.5. The number of ether oxygens (including phenoxy) is 1. The van der Waals surface area contributed by atoms with E-state index in [0.29, 0.717) is 0 Å². The molecule has 1 rings (SSSR count). The summed E-state index contributed by atoms with van der Waals surface area (Å²) in [5.74, 6) is 0.882. The Morgan fingerprint density at radius 2 is 1.91 bits per heavy atom. The standard InChI is InChI=1S/C17H28ClN3O/c1-3-19-17(20-12-5-6-14-22-4-2)21-13-11-15-7-9-16(18)10-8-15/h7-10H,3-6,11-14H2,1-2H3,(H2,19,20,21). The van der Waals surface area contributed by atoms with Crippen molar-refractivity contribution in [2.24, 2.45) is 4.99 Å². The minimum atomic E-state index is 0.777. The van der Waals surface area contributed by atoms with E-state index in [2.05, 4.69) is 34.7 Å². The van der Waals surface area contributed by atoms with Crippen molar-refractivity contribution >= 4 is 17.6 Å². The van der Waals surface area contributed by atoms with Crippen molar-refractivity contribution < 1.29 is 4.74 Å². The van der Waals surface area contributed by atoms with Gasteiger partial charge in [-0.1, -0.05) is 23.7 Å². The minimum absolute atomic E-state index is 0.777. The van der Waals surface area contributed by atoms with Gasteiger partial charge in [-0.15, -0.1) is 0 Å². The van der Waals surface area contributed by atoms with Crippen LogP contribution in [0, 0.1) is 0 Å². The molecule has 0 saturated carbocycles. The molecule has 1 aromatic rings. The van der Waals surface area contributed by atoms with Gasteiger partial charge in [-0.05, 0) is 50.8 Å². The number of hydrogen-bond donors (Lipinski definition) is 2. The van der Waals surface area contributed by atoms with E-state index in [1.807, 2.05) is 19.1 Å². The molecule has 0 atom stereocenters. The molecule has 0 aliphatic rings. The first-order valence-electron chi connectivity index (χ1n) is 8.10. The number of aliphatic imine (C=N–C) groups is 1. The summed E-state index contributed by atoms with van der Waals surface area (Å²) in [7, 11) is 0. The molecular weight excluding hydrogens is 298 g/mol. The summed E-state index contributed by atoms with van der Waals surface area (Å²) in [4.78, 5) is 4.57. The van der Waals surface area contributed by atoms with Crippen molar-refractivity contribution in [2.45, 2.75) is 33.1 Å². The molecule has 0 spiro atoms. The number of unbranched alkanes of at least 4 members (excludes halogenated alkanes) is 1. The molecule has 124 valence electrons. The molecule has 0 bridgehead atoms. The summed E-state index contributed by atoms with van der Waals surface area (Å²) in [5, 5.41) is 7.40. The fourth-order valence-electron chi connectivity index (χ4n) is 1.97. The van der Waals surface area contributed by atoms with E-state index in [4.69, 9.17) is 16.3 Å². The summed E-state index contributed by atoms with van der Waals surface area (Å²) in [6.45, 7) is 8.25. The zero-order valence-corrected chi connectivity index (χ0v) is 14.5. The Morgan fingerprint density at radius 3 is 2.59 bits per heavy atom. The van der Waals surface area contributed by atoms with Crippen molar-refractivity contribution in [3.05, 3.63) is 34.9 Å². The predicted molar refractivity (Wildman–Crippen MR) is 94.9 cm³/mol. The third kappa shape index (κ3) is 8.90. The summed E-state index contributed by atoms with van der Waals surface area (Å²) in [6.07, 6.45) is 3.06. The van der Waals surface area contributed by atoms with Crippen LogP contribution in [0.25, 0.3) is 0 Å². The molecular formula is C17H28ClN3O. The van der Waals surface area contributed by atoms with Crippen LogP contribution in [-0.2, 0) is 11.2 Å². The normalized spacial score (nSPS) is 11.5. The van der Waals surface area contributed by atoms with Gasteiger partial charge in [-0.2, -0.15) is 0 Å². The van der Waals surface area contributed by atoms with Crippen molar-refractivity contribution in [3.63, 3.8) is 0 Å². The van der Waals surface area contributed by atoms with Crippen LogP contribution in [0.1, 0.15) is 32.3 Å². The Labute approximate surface area is 139 Å². The summed E-state index contributed by atoms with van der Waals surface area (Å²) < 4.78 is 5.32. The molecule has 0 fully saturated rings. The molecule has 1 aromatic carbocycles. The monoisotopic (exact) mass is 325 g/mol. The number of hydrogen-bond acceptors (Lipinski definition) is 2. The second-order valence-corrected chi connectivity index (χ2v) is 5.40. The largest absolute Gasteiger partial charge is 0.382 e. The average molecular weight is 326 g/mol. The van der Waals surface area contributed by atoms with Crippen LogP contribution in [0.3, 0.4) is 0 Å². The Balaban J connectivity index is 2.25. The van der Waals surface area contributed by atoms with Gasteiger partial charge in [-0.3, -0.25) is 4.99 Å². The van der Waals surface area contributed by atoms with E-state index in [0.717, 1.165) is 63.1 Å². The highest BCUT2D eigenvalue weighted by molar-refractivity contribution is 6.30. The van der Waals surface area contributed by atoms with Crippen molar-refractivity contribution in [1.82, 2.24) is 10.6 Å². The lowest BCUT2D eigenvalue weighted by Gasteiger charge is -2.11. The Bertz CT molecular complexity index is 420. The number of rotatable bonds is 10. The number of nitrogens with zero attached hydrogens (tertiary/aromatic N) is 1. The molecule has 0 amide bonds. The highest BCUT2D eigenvalue weighted by Gasteiger charge is 1.98. The first-order valence-corrected chi connectivity index (χ1v) is 8.48. The zero-order valence-electron chi connectivity index (χ0n) is 13.7. The minimum Gasteiger partial charge on any atom is -0.382 e.